The van der Waals surface area contributed by atoms with E-state index in [1.54, 1.807) is 12.1 Å². The van der Waals surface area contributed by atoms with E-state index in [0.29, 0.717) is 17.4 Å². The molecule has 1 heterocycles. The van der Waals surface area contributed by atoms with Gasteiger partial charge in [0.25, 0.3) is 0 Å². The number of nitrogens with zero attached hydrogens (tertiary/aromatic N) is 1. The smallest absolute Gasteiger partial charge is 0.145 e. The van der Waals surface area contributed by atoms with E-state index >= 15 is 0 Å². The zero-order valence-electron chi connectivity index (χ0n) is 8.83. The summed E-state index contributed by atoms with van der Waals surface area (Å²) in [5.74, 6) is 1.27. The molecule has 2 aromatic rings. The van der Waals surface area contributed by atoms with Crippen LogP contribution in [0.1, 0.15) is 11.3 Å². The molecule has 0 aliphatic carbocycles. The third-order valence-corrected chi connectivity index (χ3v) is 2.41. The third-order valence-electron chi connectivity index (χ3n) is 2.17. The van der Waals surface area contributed by atoms with Gasteiger partial charge in [-0.15, -0.1) is 0 Å². The van der Waals surface area contributed by atoms with Gasteiger partial charge in [-0.3, -0.25) is 5.10 Å². The average Bonchev–Trinajstić information content (AvgIpc) is 2.63. The van der Waals surface area contributed by atoms with Crippen LogP contribution in [0.4, 0.5) is 5.82 Å². The molecule has 0 bridgehead atoms. The third kappa shape index (κ3) is 2.46. The van der Waals surface area contributed by atoms with Gasteiger partial charge in [0.15, 0.2) is 0 Å². The number of nitrogens with one attached hydrogen (secondary N) is 1. The van der Waals surface area contributed by atoms with Crippen LogP contribution in [0.3, 0.4) is 0 Å². The molecule has 0 aliphatic rings. The lowest BCUT2D eigenvalue weighted by molar-refractivity contribution is 0.299. The number of hydrogen-bond acceptors (Lipinski definition) is 3. The second-order valence-electron chi connectivity index (χ2n) is 3.52. The van der Waals surface area contributed by atoms with Gasteiger partial charge in [-0.05, 0) is 30.7 Å². The summed E-state index contributed by atoms with van der Waals surface area (Å²) >= 11 is 5.85. The first-order chi connectivity index (χ1) is 7.65. The minimum absolute atomic E-state index is 0.409. The summed E-state index contributed by atoms with van der Waals surface area (Å²) in [6.45, 7) is 2.36. The molecule has 0 amide bonds. The number of anilines is 1. The topological polar surface area (TPSA) is 63.9 Å². The van der Waals surface area contributed by atoms with Crippen LogP contribution in [-0.2, 0) is 6.61 Å². The number of nitrogen functional groups attached to an aromatic ring is 1. The van der Waals surface area contributed by atoms with E-state index in [4.69, 9.17) is 22.1 Å². The highest BCUT2D eigenvalue weighted by Crippen LogP contribution is 2.22. The lowest BCUT2D eigenvalue weighted by Gasteiger charge is -2.07. The number of nitrogens with two attached hydrogens (primary N) is 1. The predicted octanol–water partition coefficient (Wildman–Crippen LogP) is 2.53. The zero-order valence-corrected chi connectivity index (χ0v) is 9.58. The fraction of sp³-hybridized carbons (Fsp3) is 0.182. The van der Waals surface area contributed by atoms with Gasteiger partial charge in [-0.25, -0.2) is 0 Å². The van der Waals surface area contributed by atoms with Gasteiger partial charge >= 0.3 is 0 Å². The average molecular weight is 238 g/mol. The maximum absolute atomic E-state index is 5.85. The number of halogens is 1. The normalized spacial score (nSPS) is 10.4. The fourth-order valence-electron chi connectivity index (χ4n) is 1.38. The molecule has 16 heavy (non-hydrogen) atoms. The molecule has 1 aromatic heterocycles. The van der Waals surface area contributed by atoms with Crippen molar-refractivity contribution in [3.63, 3.8) is 0 Å². The van der Waals surface area contributed by atoms with Gasteiger partial charge in [0, 0.05) is 11.1 Å². The number of ether oxygens (including phenoxy) is 1. The van der Waals surface area contributed by atoms with Crippen molar-refractivity contribution in [2.75, 3.05) is 5.73 Å². The highest BCUT2D eigenvalue weighted by atomic mass is 35.5. The molecular formula is C11H12ClN3O. The molecule has 1 aromatic carbocycles. The number of aromatic nitrogens is 2. The molecule has 0 spiro atoms. The Kier molecular flexibility index (Phi) is 3.01. The lowest BCUT2D eigenvalue weighted by Crippen LogP contribution is -1.97. The molecule has 3 N–H and O–H groups in total. The molecule has 84 valence electrons. The quantitative estimate of drug-likeness (QED) is 0.862. The SMILES string of the molecule is Cc1cc(Cl)ccc1OCc1cc(N)n[nH]1. The monoisotopic (exact) mass is 237 g/mol. The summed E-state index contributed by atoms with van der Waals surface area (Å²) < 4.78 is 5.61. The molecule has 0 fully saturated rings. The number of aryl methyl sites for hydroxylation is 1. The Morgan fingerprint density at radius 2 is 2.25 bits per heavy atom. The van der Waals surface area contributed by atoms with Crippen LogP contribution in [0.25, 0.3) is 0 Å². The molecule has 0 aliphatic heterocycles. The van der Waals surface area contributed by atoms with Crippen LogP contribution >= 0.6 is 11.6 Å². The van der Waals surface area contributed by atoms with E-state index in [1.165, 1.54) is 0 Å². The Hall–Kier alpha value is -1.68. The van der Waals surface area contributed by atoms with E-state index in [-0.39, 0.29) is 0 Å². The van der Waals surface area contributed by atoms with Gasteiger partial charge in [-0.2, -0.15) is 5.10 Å². The highest BCUT2D eigenvalue weighted by Gasteiger charge is 2.02. The number of hydrogen-bond donors (Lipinski definition) is 2. The van der Waals surface area contributed by atoms with Crippen molar-refractivity contribution in [2.24, 2.45) is 0 Å². The van der Waals surface area contributed by atoms with Crippen molar-refractivity contribution in [3.05, 3.63) is 40.5 Å². The van der Waals surface area contributed by atoms with Gasteiger partial charge in [-0.1, -0.05) is 11.6 Å². The van der Waals surface area contributed by atoms with Crippen LogP contribution in [0.15, 0.2) is 24.3 Å². The summed E-state index contributed by atoms with van der Waals surface area (Å²) in [7, 11) is 0. The molecule has 0 atom stereocenters. The van der Waals surface area contributed by atoms with E-state index in [1.807, 2.05) is 19.1 Å². The highest BCUT2D eigenvalue weighted by molar-refractivity contribution is 6.30. The van der Waals surface area contributed by atoms with Crippen molar-refractivity contribution in [3.8, 4) is 5.75 Å². The zero-order chi connectivity index (χ0) is 11.5. The maximum atomic E-state index is 5.85. The first kappa shape index (κ1) is 10.8. The largest absolute Gasteiger partial charge is 0.487 e. The Labute approximate surface area is 98.4 Å². The van der Waals surface area contributed by atoms with Crippen LogP contribution in [0.5, 0.6) is 5.75 Å². The van der Waals surface area contributed by atoms with E-state index in [0.717, 1.165) is 17.0 Å². The molecule has 0 radical (unpaired) electrons. The summed E-state index contributed by atoms with van der Waals surface area (Å²) in [5.41, 5.74) is 7.32. The Morgan fingerprint density at radius 3 is 2.88 bits per heavy atom. The van der Waals surface area contributed by atoms with E-state index in [2.05, 4.69) is 10.2 Å². The minimum atomic E-state index is 0.409. The van der Waals surface area contributed by atoms with Crippen LogP contribution in [0.2, 0.25) is 5.02 Å². The maximum Gasteiger partial charge on any atom is 0.145 e. The molecule has 5 heteroatoms. The Balaban J connectivity index is 2.04. The van der Waals surface area contributed by atoms with E-state index < -0.39 is 0 Å². The van der Waals surface area contributed by atoms with E-state index in [9.17, 15) is 0 Å². The number of aromatic amines is 1. The molecule has 2 rings (SSSR count). The standard InChI is InChI=1S/C11H12ClN3O/c1-7-4-8(12)2-3-10(7)16-6-9-5-11(13)15-14-9/h2-5H,6H2,1H3,(H3,13,14,15). The lowest BCUT2D eigenvalue weighted by atomic mass is 10.2. The van der Waals surface area contributed by atoms with Crippen molar-refractivity contribution >= 4 is 17.4 Å². The van der Waals surface area contributed by atoms with Crippen molar-refractivity contribution in [1.29, 1.82) is 0 Å². The molecular weight excluding hydrogens is 226 g/mol. The Bertz CT molecular complexity index is 496. The summed E-state index contributed by atoms with van der Waals surface area (Å²) in [4.78, 5) is 0. The molecule has 0 saturated heterocycles. The van der Waals surface area contributed by atoms with Crippen molar-refractivity contribution in [1.82, 2.24) is 10.2 Å². The fourth-order valence-corrected chi connectivity index (χ4v) is 1.61. The van der Waals surface area contributed by atoms with Crippen LogP contribution < -0.4 is 10.5 Å². The van der Waals surface area contributed by atoms with Gasteiger partial charge in [0.1, 0.15) is 18.2 Å². The Morgan fingerprint density at radius 1 is 1.44 bits per heavy atom. The molecule has 0 saturated carbocycles. The van der Waals surface area contributed by atoms with Crippen LogP contribution in [-0.4, -0.2) is 10.2 Å². The summed E-state index contributed by atoms with van der Waals surface area (Å²) in [6, 6.07) is 7.24. The second-order valence-corrected chi connectivity index (χ2v) is 3.95. The summed E-state index contributed by atoms with van der Waals surface area (Å²) in [5, 5.41) is 7.30. The van der Waals surface area contributed by atoms with Gasteiger partial charge in [0.2, 0.25) is 0 Å². The van der Waals surface area contributed by atoms with Gasteiger partial charge in [0.05, 0.1) is 5.69 Å². The minimum Gasteiger partial charge on any atom is -0.487 e. The van der Waals surface area contributed by atoms with Crippen LogP contribution in [0, 0.1) is 6.92 Å². The molecule has 4 nitrogen and oxygen atoms in total. The first-order valence-corrected chi connectivity index (χ1v) is 5.21. The van der Waals surface area contributed by atoms with Crippen molar-refractivity contribution < 1.29 is 4.74 Å². The summed E-state index contributed by atoms with van der Waals surface area (Å²) in [6.07, 6.45) is 0. The molecule has 0 unspecified atom stereocenters. The second kappa shape index (κ2) is 4.45. The van der Waals surface area contributed by atoms with Crippen molar-refractivity contribution in [2.45, 2.75) is 13.5 Å². The number of rotatable bonds is 3. The van der Waals surface area contributed by atoms with Gasteiger partial charge < -0.3 is 10.5 Å². The first-order valence-electron chi connectivity index (χ1n) is 4.84. The number of benzene rings is 1. The predicted molar refractivity (Wildman–Crippen MR) is 63.5 cm³/mol. The number of H-pyrrole nitrogens is 1.